The topological polar surface area (TPSA) is 70.2 Å². The zero-order valence-corrected chi connectivity index (χ0v) is 19.0. The minimum atomic E-state index is -0.0296. The number of urea groups is 1. The Hall–Kier alpha value is -1.69. The van der Waals surface area contributed by atoms with E-state index in [-0.39, 0.29) is 30.1 Å². The van der Waals surface area contributed by atoms with Gasteiger partial charge in [-0.25, -0.2) is 4.79 Å². The van der Waals surface area contributed by atoms with Gasteiger partial charge in [-0.2, -0.15) is 11.8 Å². The molecule has 3 amide bonds. The predicted octanol–water partition coefficient (Wildman–Crippen LogP) is 4.18. The summed E-state index contributed by atoms with van der Waals surface area (Å²) in [4.78, 5) is 24.1. The van der Waals surface area contributed by atoms with Gasteiger partial charge in [-0.1, -0.05) is 44.5 Å². The Kier molecular flexibility index (Phi) is 6.91. The molecular formula is C24H35N3O2S. The molecule has 3 aliphatic rings. The molecule has 1 aromatic carbocycles. The molecule has 2 heterocycles. The van der Waals surface area contributed by atoms with Crippen molar-refractivity contribution in [2.75, 3.05) is 5.75 Å². The number of nitrogens with one attached hydrogen (secondary N) is 3. The predicted molar refractivity (Wildman–Crippen MR) is 123 cm³/mol. The van der Waals surface area contributed by atoms with Crippen LogP contribution in [0.1, 0.15) is 69.5 Å². The number of fused-ring (bicyclic) bond motifs is 1. The molecule has 0 bridgehead atoms. The first-order chi connectivity index (χ1) is 14.5. The number of carbonyl (C=O) groups excluding carboxylic acids is 2. The van der Waals surface area contributed by atoms with Crippen LogP contribution < -0.4 is 16.0 Å². The molecule has 2 saturated heterocycles. The lowest BCUT2D eigenvalue weighted by atomic mass is 9.97. The largest absolute Gasteiger partial charge is 0.349 e. The molecule has 1 aliphatic carbocycles. The van der Waals surface area contributed by atoms with E-state index in [0.29, 0.717) is 23.5 Å². The number of unbranched alkanes of at least 4 members (excludes halogenated alkanes) is 1. The molecule has 6 heteroatoms. The number of rotatable bonds is 10. The van der Waals surface area contributed by atoms with E-state index in [1.165, 1.54) is 24.0 Å². The molecule has 164 valence electrons. The summed E-state index contributed by atoms with van der Waals surface area (Å²) < 4.78 is 0. The average molecular weight is 430 g/mol. The summed E-state index contributed by atoms with van der Waals surface area (Å²) in [6, 6.07) is 9.53. The van der Waals surface area contributed by atoms with Crippen molar-refractivity contribution in [1.82, 2.24) is 16.0 Å². The lowest BCUT2D eigenvalue weighted by Crippen LogP contribution is -2.36. The molecule has 0 radical (unpaired) electrons. The normalized spacial score (nSPS) is 26.2. The Morgan fingerprint density at radius 2 is 1.93 bits per heavy atom. The SMILES string of the molecule is CC(C)Cc1ccc(C(NC(=O)CCCC[C@@H]2SC[C@@H]3NC(=O)N[C@@H]32)C2CC2)cc1. The van der Waals surface area contributed by atoms with Gasteiger partial charge in [0, 0.05) is 17.4 Å². The summed E-state index contributed by atoms with van der Waals surface area (Å²) in [5, 5.41) is 9.82. The van der Waals surface area contributed by atoms with Crippen LogP contribution in [0.4, 0.5) is 4.79 Å². The van der Waals surface area contributed by atoms with E-state index >= 15 is 0 Å². The van der Waals surface area contributed by atoms with Gasteiger partial charge in [0.05, 0.1) is 18.1 Å². The highest BCUT2D eigenvalue weighted by Crippen LogP contribution is 2.41. The van der Waals surface area contributed by atoms with Crippen LogP contribution in [-0.2, 0) is 11.2 Å². The first-order valence-corrected chi connectivity index (χ1v) is 12.6. The maximum Gasteiger partial charge on any atom is 0.315 e. The highest BCUT2D eigenvalue weighted by molar-refractivity contribution is 8.00. The highest BCUT2D eigenvalue weighted by Gasteiger charge is 2.42. The van der Waals surface area contributed by atoms with Crippen molar-refractivity contribution in [2.24, 2.45) is 11.8 Å². The molecule has 4 rings (SSSR count). The molecule has 30 heavy (non-hydrogen) atoms. The number of hydrogen-bond donors (Lipinski definition) is 3. The first-order valence-electron chi connectivity index (χ1n) is 11.6. The van der Waals surface area contributed by atoms with Crippen molar-refractivity contribution < 1.29 is 9.59 Å². The molecule has 1 unspecified atom stereocenters. The van der Waals surface area contributed by atoms with Gasteiger partial charge >= 0.3 is 6.03 Å². The highest BCUT2D eigenvalue weighted by atomic mass is 32.2. The van der Waals surface area contributed by atoms with Crippen molar-refractivity contribution in [1.29, 1.82) is 0 Å². The molecule has 5 nitrogen and oxygen atoms in total. The Morgan fingerprint density at radius 3 is 2.63 bits per heavy atom. The second-order valence-electron chi connectivity index (χ2n) is 9.59. The number of amides is 3. The van der Waals surface area contributed by atoms with Gasteiger partial charge in [0.1, 0.15) is 0 Å². The Bertz CT molecular complexity index is 747. The monoisotopic (exact) mass is 429 g/mol. The molecule has 2 aliphatic heterocycles. The summed E-state index contributed by atoms with van der Waals surface area (Å²) in [6.45, 7) is 4.48. The Balaban J connectivity index is 1.21. The minimum Gasteiger partial charge on any atom is -0.349 e. The van der Waals surface area contributed by atoms with Crippen LogP contribution in [0.2, 0.25) is 0 Å². The fourth-order valence-corrected chi connectivity index (χ4v) is 6.30. The van der Waals surface area contributed by atoms with E-state index in [2.05, 4.69) is 54.1 Å². The van der Waals surface area contributed by atoms with Crippen molar-refractivity contribution >= 4 is 23.7 Å². The van der Waals surface area contributed by atoms with Crippen molar-refractivity contribution in [3.8, 4) is 0 Å². The maximum absolute atomic E-state index is 12.6. The summed E-state index contributed by atoms with van der Waals surface area (Å²) in [5.74, 6) is 2.42. The fraction of sp³-hybridized carbons (Fsp3) is 0.667. The van der Waals surface area contributed by atoms with Crippen molar-refractivity contribution in [2.45, 2.75) is 82.2 Å². The Labute approximate surface area is 184 Å². The summed E-state index contributed by atoms with van der Waals surface area (Å²) in [5.41, 5.74) is 2.62. The number of hydrogen-bond acceptors (Lipinski definition) is 3. The Morgan fingerprint density at radius 1 is 1.17 bits per heavy atom. The van der Waals surface area contributed by atoms with Gasteiger partial charge < -0.3 is 16.0 Å². The summed E-state index contributed by atoms with van der Waals surface area (Å²) in [6.07, 6.45) is 7.10. The first kappa shape index (κ1) is 21.5. The van der Waals surface area contributed by atoms with Gasteiger partial charge in [-0.05, 0) is 55.1 Å². The molecule has 4 atom stereocenters. The zero-order valence-electron chi connectivity index (χ0n) is 18.2. The molecule has 3 fully saturated rings. The summed E-state index contributed by atoms with van der Waals surface area (Å²) >= 11 is 1.94. The lowest BCUT2D eigenvalue weighted by Gasteiger charge is -2.20. The third kappa shape index (κ3) is 5.51. The molecule has 0 aromatic heterocycles. The van der Waals surface area contributed by atoms with E-state index in [9.17, 15) is 9.59 Å². The molecular weight excluding hydrogens is 394 g/mol. The second kappa shape index (κ2) is 9.63. The van der Waals surface area contributed by atoms with Gasteiger partial charge in [0.2, 0.25) is 5.91 Å². The van der Waals surface area contributed by atoms with Crippen LogP contribution in [0.15, 0.2) is 24.3 Å². The summed E-state index contributed by atoms with van der Waals surface area (Å²) in [7, 11) is 0. The number of benzene rings is 1. The third-order valence-electron chi connectivity index (χ3n) is 6.47. The average Bonchev–Trinajstić information content (AvgIpc) is 3.38. The minimum absolute atomic E-state index is 0.0296. The van der Waals surface area contributed by atoms with E-state index in [4.69, 9.17) is 0 Å². The lowest BCUT2D eigenvalue weighted by molar-refractivity contribution is -0.122. The van der Waals surface area contributed by atoms with Crippen molar-refractivity contribution in [3.63, 3.8) is 0 Å². The number of carbonyl (C=O) groups is 2. The van der Waals surface area contributed by atoms with Crippen LogP contribution in [0, 0.1) is 11.8 Å². The van der Waals surface area contributed by atoms with Gasteiger partial charge in [-0.3, -0.25) is 4.79 Å². The van der Waals surface area contributed by atoms with Crippen LogP contribution in [0.5, 0.6) is 0 Å². The van der Waals surface area contributed by atoms with Crippen LogP contribution in [0.25, 0.3) is 0 Å². The van der Waals surface area contributed by atoms with E-state index in [1.807, 2.05) is 11.8 Å². The van der Waals surface area contributed by atoms with Gasteiger partial charge in [-0.15, -0.1) is 0 Å². The molecule has 0 spiro atoms. The van der Waals surface area contributed by atoms with Gasteiger partial charge in [0.25, 0.3) is 0 Å². The molecule has 3 N–H and O–H groups in total. The maximum atomic E-state index is 12.6. The van der Waals surface area contributed by atoms with Gasteiger partial charge in [0.15, 0.2) is 0 Å². The van der Waals surface area contributed by atoms with Crippen LogP contribution in [-0.4, -0.2) is 35.0 Å². The third-order valence-corrected chi connectivity index (χ3v) is 7.98. The van der Waals surface area contributed by atoms with Crippen LogP contribution >= 0.6 is 11.8 Å². The zero-order chi connectivity index (χ0) is 21.1. The fourth-order valence-electron chi connectivity index (χ4n) is 4.76. The van der Waals surface area contributed by atoms with E-state index < -0.39 is 0 Å². The van der Waals surface area contributed by atoms with E-state index in [0.717, 1.165) is 31.4 Å². The standard InChI is InChI=1S/C24H35N3O2S/c1-15(2)13-16-7-9-17(10-8-16)22(18-11-12-18)26-21(28)6-4-3-5-20-23-19(14-30-20)25-24(29)27-23/h7-10,15,18-20,22-23H,3-6,11-14H2,1-2H3,(H,26,28)(H2,25,27,29)/t19-,20-,22?,23-/m0/s1. The molecule has 1 saturated carbocycles. The quantitative estimate of drug-likeness (QED) is 0.386. The van der Waals surface area contributed by atoms with Crippen LogP contribution in [0.3, 0.4) is 0 Å². The second-order valence-corrected chi connectivity index (χ2v) is 10.9. The van der Waals surface area contributed by atoms with E-state index in [1.54, 1.807) is 0 Å². The number of thioether (sulfide) groups is 1. The van der Waals surface area contributed by atoms with Crippen molar-refractivity contribution in [3.05, 3.63) is 35.4 Å². The smallest absolute Gasteiger partial charge is 0.315 e. The molecule has 1 aromatic rings.